The molecule has 0 fully saturated rings. The molecule has 0 aromatic heterocycles. The first-order valence-corrected chi connectivity index (χ1v) is 5.90. The predicted molar refractivity (Wildman–Crippen MR) is 68.2 cm³/mol. The zero-order valence-corrected chi connectivity index (χ0v) is 9.89. The molecule has 0 aliphatic carbocycles. The summed E-state index contributed by atoms with van der Waals surface area (Å²) in [5.41, 5.74) is 7.36. The van der Waals surface area contributed by atoms with Gasteiger partial charge < -0.3 is 5.73 Å². The highest BCUT2D eigenvalue weighted by Crippen LogP contribution is 2.19. The molecular weight excluding hydrogens is 196 g/mol. The lowest BCUT2D eigenvalue weighted by atomic mass is 9.92. The summed E-state index contributed by atoms with van der Waals surface area (Å²) in [7, 11) is 0. The molecule has 1 aliphatic rings. The third kappa shape index (κ3) is 2.71. The fraction of sp³-hybridized carbons (Fsp3) is 0.429. The maximum atomic E-state index is 6.40. The van der Waals surface area contributed by atoms with E-state index in [4.69, 9.17) is 5.73 Å². The van der Waals surface area contributed by atoms with E-state index in [1.165, 1.54) is 5.56 Å². The summed E-state index contributed by atoms with van der Waals surface area (Å²) in [5.74, 6) is 0. The number of benzene rings is 1. The second-order valence-electron chi connectivity index (χ2n) is 4.78. The molecule has 1 heterocycles. The molecule has 2 rings (SSSR count). The predicted octanol–water partition coefficient (Wildman–Crippen LogP) is 2.12. The molecule has 16 heavy (non-hydrogen) atoms. The molecule has 0 saturated heterocycles. The lowest BCUT2D eigenvalue weighted by Crippen LogP contribution is -2.46. The molecule has 2 nitrogen and oxygen atoms in total. The Morgan fingerprint density at radius 3 is 2.62 bits per heavy atom. The van der Waals surface area contributed by atoms with E-state index in [0.717, 1.165) is 26.1 Å². The van der Waals surface area contributed by atoms with E-state index in [1.807, 2.05) is 6.07 Å². The Morgan fingerprint density at radius 2 is 2.00 bits per heavy atom. The van der Waals surface area contributed by atoms with Crippen molar-refractivity contribution in [2.75, 3.05) is 19.6 Å². The summed E-state index contributed by atoms with van der Waals surface area (Å²) in [6.45, 7) is 5.18. The molecule has 0 amide bonds. The molecule has 0 saturated carbocycles. The summed E-state index contributed by atoms with van der Waals surface area (Å²) in [6.07, 6.45) is 5.61. The van der Waals surface area contributed by atoms with Crippen molar-refractivity contribution in [3.63, 3.8) is 0 Å². The minimum Gasteiger partial charge on any atom is -0.321 e. The van der Waals surface area contributed by atoms with Gasteiger partial charge in [-0.2, -0.15) is 0 Å². The van der Waals surface area contributed by atoms with Crippen LogP contribution in [-0.2, 0) is 5.54 Å². The zero-order chi connectivity index (χ0) is 11.4. The van der Waals surface area contributed by atoms with Gasteiger partial charge in [0.1, 0.15) is 0 Å². The maximum absolute atomic E-state index is 6.40. The van der Waals surface area contributed by atoms with Crippen LogP contribution >= 0.6 is 0 Å². The number of hydrogen-bond acceptors (Lipinski definition) is 2. The van der Waals surface area contributed by atoms with E-state index < -0.39 is 0 Å². The highest BCUT2D eigenvalue weighted by molar-refractivity contribution is 5.23. The molecule has 0 spiro atoms. The highest BCUT2D eigenvalue weighted by Gasteiger charge is 2.24. The summed E-state index contributed by atoms with van der Waals surface area (Å²) in [5, 5.41) is 0. The van der Waals surface area contributed by atoms with Crippen molar-refractivity contribution < 1.29 is 0 Å². The molecule has 2 heteroatoms. The van der Waals surface area contributed by atoms with E-state index in [9.17, 15) is 0 Å². The fourth-order valence-electron chi connectivity index (χ4n) is 2.21. The number of nitrogens with zero attached hydrogens (tertiary/aromatic N) is 1. The van der Waals surface area contributed by atoms with Gasteiger partial charge in [-0.1, -0.05) is 42.5 Å². The minimum absolute atomic E-state index is 0.257. The third-order valence-electron chi connectivity index (χ3n) is 3.13. The first kappa shape index (κ1) is 11.4. The number of hydrogen-bond donors (Lipinski definition) is 1. The molecule has 1 aromatic carbocycles. The van der Waals surface area contributed by atoms with Gasteiger partial charge in [-0.05, 0) is 18.9 Å². The molecule has 1 aliphatic heterocycles. The third-order valence-corrected chi connectivity index (χ3v) is 3.13. The lowest BCUT2D eigenvalue weighted by molar-refractivity contribution is 0.234. The van der Waals surface area contributed by atoms with Crippen molar-refractivity contribution in [2.24, 2.45) is 5.73 Å². The van der Waals surface area contributed by atoms with Crippen LogP contribution in [0, 0.1) is 0 Å². The Labute approximate surface area is 97.8 Å². The van der Waals surface area contributed by atoms with Crippen LogP contribution in [0.4, 0.5) is 0 Å². The van der Waals surface area contributed by atoms with Crippen LogP contribution in [0.2, 0.25) is 0 Å². The van der Waals surface area contributed by atoms with Gasteiger partial charge in [0.2, 0.25) is 0 Å². The van der Waals surface area contributed by atoms with E-state index in [1.54, 1.807) is 0 Å². The van der Waals surface area contributed by atoms with Gasteiger partial charge in [-0.3, -0.25) is 4.90 Å². The van der Waals surface area contributed by atoms with E-state index in [2.05, 4.69) is 48.2 Å². The smallest absolute Gasteiger partial charge is 0.0510 e. The molecule has 1 unspecified atom stereocenters. The Bertz CT molecular complexity index is 354. The number of nitrogens with two attached hydrogens (primary N) is 1. The lowest BCUT2D eigenvalue weighted by Gasteiger charge is -2.33. The zero-order valence-electron chi connectivity index (χ0n) is 9.89. The van der Waals surface area contributed by atoms with E-state index >= 15 is 0 Å². The molecular formula is C14H20N2. The summed E-state index contributed by atoms with van der Waals surface area (Å²) in [4.78, 5) is 2.41. The van der Waals surface area contributed by atoms with Crippen LogP contribution in [-0.4, -0.2) is 24.5 Å². The molecule has 1 atom stereocenters. The van der Waals surface area contributed by atoms with Crippen LogP contribution in [0.15, 0.2) is 42.5 Å². The van der Waals surface area contributed by atoms with Crippen molar-refractivity contribution >= 4 is 0 Å². The summed E-state index contributed by atoms with van der Waals surface area (Å²) in [6, 6.07) is 10.4. The number of rotatable bonds is 3. The average molecular weight is 216 g/mol. The Hall–Kier alpha value is -1.12. The average Bonchev–Trinajstić information content (AvgIpc) is 2.31. The first-order valence-electron chi connectivity index (χ1n) is 5.90. The SMILES string of the molecule is CC(N)(CN1CC=CCC1)c1ccccc1. The molecule has 0 radical (unpaired) electrons. The first-order chi connectivity index (χ1) is 7.68. The van der Waals surface area contributed by atoms with Gasteiger partial charge >= 0.3 is 0 Å². The summed E-state index contributed by atoms with van der Waals surface area (Å²) >= 11 is 0. The van der Waals surface area contributed by atoms with Crippen LogP contribution in [0.25, 0.3) is 0 Å². The minimum atomic E-state index is -0.257. The molecule has 0 bridgehead atoms. The Morgan fingerprint density at radius 1 is 1.25 bits per heavy atom. The Balaban J connectivity index is 2.05. The topological polar surface area (TPSA) is 29.3 Å². The van der Waals surface area contributed by atoms with Crippen LogP contribution in [0.3, 0.4) is 0 Å². The molecule has 1 aromatic rings. The largest absolute Gasteiger partial charge is 0.321 e. The van der Waals surface area contributed by atoms with Gasteiger partial charge in [0, 0.05) is 19.6 Å². The quantitative estimate of drug-likeness (QED) is 0.784. The van der Waals surface area contributed by atoms with Gasteiger partial charge in [-0.15, -0.1) is 0 Å². The van der Waals surface area contributed by atoms with Crippen molar-refractivity contribution in [3.05, 3.63) is 48.0 Å². The fourth-order valence-corrected chi connectivity index (χ4v) is 2.21. The Kier molecular flexibility index (Phi) is 3.42. The van der Waals surface area contributed by atoms with Crippen molar-refractivity contribution in [3.8, 4) is 0 Å². The summed E-state index contributed by atoms with van der Waals surface area (Å²) < 4.78 is 0. The standard InChI is InChI=1S/C14H20N2/c1-14(15,13-8-4-2-5-9-13)12-16-10-6-3-7-11-16/h2-6,8-9H,7,10-12,15H2,1H3. The normalized spacial score (nSPS) is 20.6. The second kappa shape index (κ2) is 4.81. The van der Waals surface area contributed by atoms with E-state index in [-0.39, 0.29) is 5.54 Å². The molecule has 2 N–H and O–H groups in total. The van der Waals surface area contributed by atoms with Crippen LogP contribution in [0.5, 0.6) is 0 Å². The highest BCUT2D eigenvalue weighted by atomic mass is 15.1. The van der Waals surface area contributed by atoms with Crippen molar-refractivity contribution in [1.82, 2.24) is 4.90 Å². The van der Waals surface area contributed by atoms with Gasteiger partial charge in [0.05, 0.1) is 5.54 Å². The maximum Gasteiger partial charge on any atom is 0.0510 e. The van der Waals surface area contributed by atoms with Crippen LogP contribution in [0.1, 0.15) is 18.9 Å². The second-order valence-corrected chi connectivity index (χ2v) is 4.78. The van der Waals surface area contributed by atoms with Gasteiger partial charge in [-0.25, -0.2) is 0 Å². The van der Waals surface area contributed by atoms with Crippen molar-refractivity contribution in [1.29, 1.82) is 0 Å². The van der Waals surface area contributed by atoms with Gasteiger partial charge in [0.15, 0.2) is 0 Å². The van der Waals surface area contributed by atoms with Crippen LogP contribution < -0.4 is 5.73 Å². The van der Waals surface area contributed by atoms with Gasteiger partial charge in [0.25, 0.3) is 0 Å². The molecule has 86 valence electrons. The monoisotopic (exact) mass is 216 g/mol. The van der Waals surface area contributed by atoms with Crippen molar-refractivity contribution in [2.45, 2.75) is 18.9 Å². The van der Waals surface area contributed by atoms with E-state index in [0.29, 0.717) is 0 Å².